The number of ether oxygens (including phenoxy) is 1. The van der Waals surface area contributed by atoms with E-state index in [1.54, 1.807) is 34.6 Å². The number of hydrogen-bond acceptors (Lipinski definition) is 4. The highest BCUT2D eigenvalue weighted by molar-refractivity contribution is 7.92. The molecule has 0 aromatic heterocycles. The first-order chi connectivity index (χ1) is 7.54. The van der Waals surface area contributed by atoms with E-state index in [0.717, 1.165) is 0 Å². The predicted molar refractivity (Wildman–Crippen MR) is 65.7 cm³/mol. The zero-order valence-electron chi connectivity index (χ0n) is 11.1. The summed E-state index contributed by atoms with van der Waals surface area (Å²) < 4.78 is 28.8. The van der Waals surface area contributed by atoms with Crippen LogP contribution in [0.1, 0.15) is 34.6 Å². The minimum atomic E-state index is -3.10. The minimum absolute atomic E-state index is 0.210. The normalized spacial score (nSPS) is 28.9. The quantitative estimate of drug-likeness (QED) is 0.663. The van der Waals surface area contributed by atoms with Crippen LogP contribution in [0, 0.1) is 0 Å². The summed E-state index contributed by atoms with van der Waals surface area (Å²) in [6.45, 7) is 9.04. The third-order valence-electron chi connectivity index (χ3n) is 2.73. The van der Waals surface area contributed by atoms with E-state index in [9.17, 15) is 13.2 Å². The number of sulfone groups is 1. The smallest absolute Gasteiger partial charge is 0.410 e. The van der Waals surface area contributed by atoms with Crippen molar-refractivity contribution >= 4 is 15.9 Å². The van der Waals surface area contributed by atoms with Crippen molar-refractivity contribution in [3.8, 4) is 0 Å². The average Bonchev–Trinajstić information content (AvgIpc) is 2.11. The lowest BCUT2D eigenvalue weighted by Gasteiger charge is -2.35. The van der Waals surface area contributed by atoms with Crippen LogP contribution in [0.2, 0.25) is 0 Å². The largest absolute Gasteiger partial charge is 0.444 e. The Labute approximate surface area is 103 Å². The van der Waals surface area contributed by atoms with E-state index in [1.807, 2.05) is 0 Å². The second-order valence-corrected chi connectivity index (χ2v) is 8.38. The number of nitrogens with zero attached hydrogens (tertiary/aromatic N) is 1. The van der Waals surface area contributed by atoms with Crippen molar-refractivity contribution in [1.82, 2.24) is 4.90 Å². The Bertz CT molecular complexity index is 378. The highest BCUT2D eigenvalue weighted by Crippen LogP contribution is 2.20. The van der Waals surface area contributed by atoms with Gasteiger partial charge in [0.1, 0.15) is 5.60 Å². The maximum absolute atomic E-state index is 11.8. The fourth-order valence-corrected chi connectivity index (χ4v) is 3.34. The van der Waals surface area contributed by atoms with Crippen LogP contribution in [0.25, 0.3) is 0 Å². The summed E-state index contributed by atoms with van der Waals surface area (Å²) in [6, 6.07) is 0. The van der Waals surface area contributed by atoms with Crippen molar-refractivity contribution in [1.29, 1.82) is 0 Å². The molecule has 0 saturated carbocycles. The van der Waals surface area contributed by atoms with Crippen LogP contribution in [0.15, 0.2) is 0 Å². The number of hydrogen-bond donors (Lipinski definition) is 0. The van der Waals surface area contributed by atoms with Crippen LogP contribution in [0.5, 0.6) is 0 Å². The van der Waals surface area contributed by atoms with E-state index in [4.69, 9.17) is 4.74 Å². The summed E-state index contributed by atoms with van der Waals surface area (Å²) in [5, 5.41) is -1.06. The van der Waals surface area contributed by atoms with Crippen LogP contribution >= 0.6 is 0 Å². The fourth-order valence-electron chi connectivity index (χ4n) is 1.78. The molecular formula is C11H21NO4S. The molecule has 100 valence electrons. The van der Waals surface area contributed by atoms with Gasteiger partial charge in [0.05, 0.1) is 10.5 Å². The highest BCUT2D eigenvalue weighted by Gasteiger charge is 2.38. The van der Waals surface area contributed by atoms with Crippen molar-refractivity contribution in [2.24, 2.45) is 0 Å². The fraction of sp³-hybridized carbons (Fsp3) is 0.909. The SMILES string of the molecule is CC1CN(C(=O)OC(C)(C)C)CC(C)S1(=O)=O. The first kappa shape index (κ1) is 14.3. The molecule has 6 heteroatoms. The summed E-state index contributed by atoms with van der Waals surface area (Å²) in [5.41, 5.74) is -0.556. The van der Waals surface area contributed by atoms with Gasteiger partial charge in [0.25, 0.3) is 0 Å². The number of rotatable bonds is 0. The standard InChI is InChI=1S/C11H21NO4S/c1-8-6-12(7-9(2)17(8,14)15)10(13)16-11(3,4)5/h8-9H,6-7H2,1-5H3. The summed E-state index contributed by atoms with van der Waals surface area (Å²) in [5.74, 6) is 0. The molecule has 1 rings (SSSR count). The topological polar surface area (TPSA) is 63.7 Å². The van der Waals surface area contributed by atoms with Crippen molar-refractivity contribution in [3.05, 3.63) is 0 Å². The van der Waals surface area contributed by atoms with Gasteiger partial charge in [-0.25, -0.2) is 13.2 Å². The Hall–Kier alpha value is -0.780. The molecule has 0 N–H and O–H groups in total. The second-order valence-electron chi connectivity index (χ2n) is 5.60. The van der Waals surface area contributed by atoms with Gasteiger partial charge in [-0.3, -0.25) is 0 Å². The van der Waals surface area contributed by atoms with Gasteiger partial charge < -0.3 is 9.64 Å². The predicted octanol–water partition coefficient (Wildman–Crippen LogP) is 1.43. The molecule has 1 fully saturated rings. The summed E-state index contributed by atoms with van der Waals surface area (Å²) >= 11 is 0. The lowest BCUT2D eigenvalue weighted by molar-refractivity contribution is 0.0243. The van der Waals surface area contributed by atoms with Gasteiger partial charge in [-0.05, 0) is 34.6 Å². The van der Waals surface area contributed by atoms with E-state index in [0.29, 0.717) is 0 Å². The highest BCUT2D eigenvalue weighted by atomic mass is 32.2. The van der Waals surface area contributed by atoms with Crippen molar-refractivity contribution in [2.45, 2.75) is 50.7 Å². The van der Waals surface area contributed by atoms with Crippen LogP contribution in [-0.2, 0) is 14.6 Å². The molecule has 5 nitrogen and oxygen atoms in total. The summed E-state index contributed by atoms with van der Waals surface area (Å²) in [7, 11) is -3.10. The molecule has 2 atom stereocenters. The number of carbonyl (C=O) groups excluding carboxylic acids is 1. The van der Waals surface area contributed by atoms with Crippen LogP contribution in [0.3, 0.4) is 0 Å². The van der Waals surface area contributed by atoms with Gasteiger partial charge in [0, 0.05) is 13.1 Å². The molecule has 0 aromatic carbocycles. The van der Waals surface area contributed by atoms with Crippen molar-refractivity contribution in [3.63, 3.8) is 0 Å². The van der Waals surface area contributed by atoms with Crippen molar-refractivity contribution < 1.29 is 17.9 Å². The Morgan fingerprint density at radius 1 is 1.18 bits per heavy atom. The lowest BCUT2D eigenvalue weighted by atomic mass is 10.2. The molecule has 1 saturated heterocycles. The molecule has 1 aliphatic heterocycles. The molecule has 0 radical (unpaired) electrons. The van der Waals surface area contributed by atoms with Crippen LogP contribution in [-0.4, -0.2) is 48.6 Å². The Morgan fingerprint density at radius 2 is 1.59 bits per heavy atom. The van der Waals surface area contributed by atoms with Gasteiger partial charge in [-0.2, -0.15) is 0 Å². The van der Waals surface area contributed by atoms with E-state index in [1.165, 1.54) is 4.90 Å². The van der Waals surface area contributed by atoms with E-state index >= 15 is 0 Å². The summed E-state index contributed by atoms with van der Waals surface area (Å²) in [6.07, 6.45) is -0.439. The molecule has 17 heavy (non-hydrogen) atoms. The van der Waals surface area contributed by atoms with E-state index in [2.05, 4.69) is 0 Å². The Morgan fingerprint density at radius 3 is 1.94 bits per heavy atom. The third kappa shape index (κ3) is 3.34. The molecule has 1 amide bonds. The molecule has 0 aromatic rings. The van der Waals surface area contributed by atoms with Gasteiger partial charge >= 0.3 is 6.09 Å². The summed E-state index contributed by atoms with van der Waals surface area (Å²) in [4.78, 5) is 13.3. The molecule has 0 spiro atoms. The van der Waals surface area contributed by atoms with Gasteiger partial charge in [-0.1, -0.05) is 0 Å². The average molecular weight is 263 g/mol. The van der Waals surface area contributed by atoms with E-state index in [-0.39, 0.29) is 13.1 Å². The molecule has 0 aliphatic carbocycles. The maximum atomic E-state index is 11.8. The van der Waals surface area contributed by atoms with Gasteiger partial charge in [-0.15, -0.1) is 0 Å². The molecular weight excluding hydrogens is 242 g/mol. The minimum Gasteiger partial charge on any atom is -0.444 e. The van der Waals surface area contributed by atoms with Crippen LogP contribution < -0.4 is 0 Å². The first-order valence-electron chi connectivity index (χ1n) is 5.74. The zero-order chi connectivity index (χ0) is 13.4. The lowest BCUT2D eigenvalue weighted by Crippen LogP contribution is -2.53. The Kier molecular flexibility index (Phi) is 3.76. The second kappa shape index (κ2) is 4.48. The van der Waals surface area contributed by atoms with E-state index < -0.39 is 32.0 Å². The third-order valence-corrected chi connectivity index (χ3v) is 5.27. The molecule has 0 bridgehead atoms. The molecule has 2 unspecified atom stereocenters. The molecule has 1 heterocycles. The molecule has 1 aliphatic rings. The zero-order valence-corrected chi connectivity index (χ0v) is 11.9. The van der Waals surface area contributed by atoms with Gasteiger partial charge in [0.2, 0.25) is 0 Å². The van der Waals surface area contributed by atoms with Crippen LogP contribution in [0.4, 0.5) is 4.79 Å². The van der Waals surface area contributed by atoms with Gasteiger partial charge in [0.15, 0.2) is 9.84 Å². The Balaban J connectivity index is 2.74. The first-order valence-corrected chi connectivity index (χ1v) is 7.35. The van der Waals surface area contributed by atoms with Crippen molar-refractivity contribution in [2.75, 3.05) is 13.1 Å². The maximum Gasteiger partial charge on any atom is 0.410 e. The number of amides is 1. The monoisotopic (exact) mass is 263 g/mol. The number of carbonyl (C=O) groups is 1.